The number of unbranched alkanes of at least 4 members (excludes halogenated alkanes) is 8. The van der Waals surface area contributed by atoms with Crippen LogP contribution in [0.15, 0.2) is 231 Å². The van der Waals surface area contributed by atoms with Crippen LogP contribution in [0.25, 0.3) is 0 Å². The highest BCUT2D eigenvalue weighted by Crippen LogP contribution is 2.45. The van der Waals surface area contributed by atoms with Crippen LogP contribution in [-0.4, -0.2) is 96.7 Å². The summed E-state index contributed by atoms with van der Waals surface area (Å²) in [6, 6.07) is 0. The van der Waals surface area contributed by atoms with Gasteiger partial charge in [0.25, 0.3) is 0 Å². The normalized spacial score (nSPS) is 15.1. The van der Waals surface area contributed by atoms with Crippen molar-refractivity contribution in [1.29, 1.82) is 0 Å². The molecule has 5 atom stereocenters. The van der Waals surface area contributed by atoms with Crippen LogP contribution >= 0.6 is 15.6 Å². The van der Waals surface area contributed by atoms with Gasteiger partial charge < -0.3 is 33.8 Å². The molecule has 5 unspecified atom stereocenters. The van der Waals surface area contributed by atoms with Crippen molar-refractivity contribution in [2.75, 3.05) is 39.6 Å². The number of phosphoric acid groups is 2. The zero-order chi connectivity index (χ0) is 78.9. The third kappa shape index (κ3) is 77.3. The van der Waals surface area contributed by atoms with E-state index in [4.69, 9.17) is 37.0 Å². The Kier molecular flexibility index (Phi) is 73.3. The third-order valence-electron chi connectivity index (χ3n) is 15.2. The first-order valence-corrected chi connectivity index (χ1v) is 42.6. The number of esters is 4. The molecular formula is C89H136O17P2. The van der Waals surface area contributed by atoms with E-state index in [2.05, 4.69) is 216 Å². The van der Waals surface area contributed by atoms with Crippen LogP contribution in [0.5, 0.6) is 0 Å². The number of phosphoric ester groups is 2. The Morgan fingerprint density at radius 1 is 0.269 bits per heavy atom. The lowest BCUT2D eigenvalue weighted by molar-refractivity contribution is -0.161. The molecule has 0 fully saturated rings. The molecule has 0 aliphatic rings. The SMILES string of the molecule is CC/C=C\C/C=C\C/C=C\C/C=C\C/C=C\C/C=C\CCC(=O)OCC(COP(=O)(O)OCC(O)COP(=O)(O)OCC(COC(=O)CCCCC/C=C\C/C=C\C/C=C\C/C=C\C/C=C\CC)OC(=O)CCCCCCC/C=C\C/C=C\C/C=C\CC)OC(=O)C/C=C\C/C=C\C/C=C\C/C=C\C/C=C\CC. The van der Waals surface area contributed by atoms with Crippen LogP contribution in [0.4, 0.5) is 0 Å². The topological polar surface area (TPSA) is 237 Å². The highest BCUT2D eigenvalue weighted by molar-refractivity contribution is 7.47. The van der Waals surface area contributed by atoms with Crippen molar-refractivity contribution in [2.45, 2.75) is 264 Å². The molecule has 3 N–H and O–H groups in total. The first-order valence-electron chi connectivity index (χ1n) is 39.6. The monoisotopic (exact) mass is 1540 g/mol. The summed E-state index contributed by atoms with van der Waals surface area (Å²) in [6.07, 6.45) is 101. The van der Waals surface area contributed by atoms with Crippen molar-refractivity contribution in [3.8, 4) is 0 Å². The molecule has 0 aromatic rings. The molecule has 0 radical (unpaired) electrons. The summed E-state index contributed by atoms with van der Waals surface area (Å²) in [6.45, 7) is 4.11. The minimum atomic E-state index is -5.04. The molecule has 0 saturated heterocycles. The van der Waals surface area contributed by atoms with Crippen LogP contribution in [0.2, 0.25) is 0 Å². The molecule has 0 aromatic carbocycles. The Morgan fingerprint density at radius 2 is 0.509 bits per heavy atom. The second-order valence-corrected chi connectivity index (χ2v) is 28.0. The number of aliphatic hydroxyl groups is 1. The summed E-state index contributed by atoms with van der Waals surface area (Å²) in [5, 5.41) is 10.6. The molecule has 0 aliphatic carbocycles. The molecule has 19 heteroatoms. The summed E-state index contributed by atoms with van der Waals surface area (Å²) in [7, 11) is -10.1. The molecule has 0 bridgehead atoms. The Bertz CT molecular complexity index is 2960. The Morgan fingerprint density at radius 3 is 0.843 bits per heavy atom. The van der Waals surface area contributed by atoms with Gasteiger partial charge in [-0.3, -0.25) is 37.3 Å². The quantitative estimate of drug-likeness (QED) is 0.0169. The maximum atomic E-state index is 13.1. The molecule has 17 nitrogen and oxygen atoms in total. The zero-order valence-corrected chi connectivity index (χ0v) is 67.7. The molecule has 604 valence electrons. The first-order chi connectivity index (χ1) is 52.7. The van der Waals surface area contributed by atoms with Crippen molar-refractivity contribution in [2.24, 2.45) is 0 Å². The lowest BCUT2D eigenvalue weighted by Gasteiger charge is -2.21. The number of aliphatic hydroxyl groups excluding tert-OH is 1. The summed E-state index contributed by atoms with van der Waals surface area (Å²) in [5.41, 5.74) is 0. The molecule has 0 heterocycles. The van der Waals surface area contributed by atoms with E-state index in [9.17, 15) is 43.2 Å². The third-order valence-corrected chi connectivity index (χ3v) is 17.1. The summed E-state index contributed by atoms with van der Waals surface area (Å²) >= 11 is 0. The molecule has 0 spiro atoms. The highest BCUT2D eigenvalue weighted by atomic mass is 31.2. The molecule has 0 aliphatic heterocycles. The van der Waals surface area contributed by atoms with Gasteiger partial charge in [-0.15, -0.1) is 0 Å². The second-order valence-electron chi connectivity index (χ2n) is 25.1. The number of allylic oxidation sites excluding steroid dienone is 37. The lowest BCUT2D eigenvalue weighted by atomic mass is 10.1. The van der Waals surface area contributed by atoms with Gasteiger partial charge in [-0.25, -0.2) is 9.13 Å². The molecule has 0 saturated carbocycles. The van der Waals surface area contributed by atoms with E-state index in [0.29, 0.717) is 32.1 Å². The van der Waals surface area contributed by atoms with Gasteiger partial charge in [0, 0.05) is 19.3 Å². The summed E-state index contributed by atoms with van der Waals surface area (Å²) in [5.74, 6) is -2.51. The van der Waals surface area contributed by atoms with E-state index in [1.807, 2.05) is 30.4 Å². The van der Waals surface area contributed by atoms with E-state index in [1.54, 1.807) is 12.2 Å². The van der Waals surface area contributed by atoms with Crippen LogP contribution < -0.4 is 0 Å². The minimum Gasteiger partial charge on any atom is -0.462 e. The maximum absolute atomic E-state index is 13.1. The van der Waals surface area contributed by atoms with Gasteiger partial charge in [0.1, 0.15) is 19.3 Å². The summed E-state index contributed by atoms with van der Waals surface area (Å²) in [4.78, 5) is 73.0. The van der Waals surface area contributed by atoms with Gasteiger partial charge in [-0.2, -0.15) is 0 Å². The fraction of sp³-hybridized carbons (Fsp3) is 0.528. The minimum absolute atomic E-state index is 0.00548. The fourth-order valence-corrected chi connectivity index (χ4v) is 10.9. The van der Waals surface area contributed by atoms with Crippen molar-refractivity contribution >= 4 is 39.5 Å². The van der Waals surface area contributed by atoms with Crippen LogP contribution in [0, 0.1) is 0 Å². The largest absolute Gasteiger partial charge is 0.472 e. The predicted molar refractivity (Wildman–Crippen MR) is 444 cm³/mol. The number of carbonyl (C=O) groups excluding carboxylic acids is 4. The van der Waals surface area contributed by atoms with Crippen molar-refractivity contribution in [1.82, 2.24) is 0 Å². The first kappa shape index (κ1) is 101. The molecule has 0 rings (SSSR count). The summed E-state index contributed by atoms with van der Waals surface area (Å²) < 4.78 is 68.3. The average Bonchev–Trinajstić information content (AvgIpc) is 0.923. The predicted octanol–water partition coefficient (Wildman–Crippen LogP) is 23.4. The number of carbonyl (C=O) groups is 4. The van der Waals surface area contributed by atoms with E-state index in [1.165, 1.54) is 0 Å². The molecule has 0 aromatic heterocycles. The van der Waals surface area contributed by atoms with Crippen molar-refractivity contribution in [3.05, 3.63) is 231 Å². The average molecular weight is 1540 g/mol. The van der Waals surface area contributed by atoms with Gasteiger partial charge >= 0.3 is 39.5 Å². The number of hydrogen-bond acceptors (Lipinski definition) is 15. The van der Waals surface area contributed by atoms with Gasteiger partial charge in [0.05, 0.1) is 32.8 Å². The number of hydrogen-bond donors (Lipinski definition) is 3. The molecule has 0 amide bonds. The Balaban J connectivity index is 5.57. The van der Waals surface area contributed by atoms with E-state index in [0.717, 1.165) is 161 Å². The number of rotatable bonds is 71. The van der Waals surface area contributed by atoms with Crippen LogP contribution in [-0.2, 0) is 65.4 Å². The van der Waals surface area contributed by atoms with E-state index in [-0.39, 0.29) is 25.7 Å². The standard InChI is InChI=1S/C89H136O17P2/c1-5-9-13-17-21-25-29-33-37-39-41-43-47-49-53-57-61-65-69-73-86(91)99-79-84(105-88(93)75-71-67-63-59-55-51-45-35-31-27-23-19-15-11-7-3)81-103-107(95,96)101-77-83(90)78-102-108(97,98)104-82-85(106-89(94)76-72-68-64-60-56-52-46-36-32-28-24-20-16-12-8-4)80-100-87(92)74-70-66-62-58-54-50-48-44-42-40-38-34-30-26-22-18-14-10-6-2/h9-16,21-28,33-38,41-46,49-50,53-55,59,61,65,67,71,83-85,90H,5-8,17-20,29-32,39-40,47-48,51-52,56-58,60,62-64,66,68-70,72-82H2,1-4H3,(H,95,96)(H,97,98)/b13-9-,14-10-,15-11-,16-12-,25-21-,26-22-,27-23-,28-24-,37-33-,38-34-,43-41-,44-42-,45-35-,46-36-,53-49-,54-50-,59-55-,65-61-,71-67-. The molecular weight excluding hydrogens is 1400 g/mol. The van der Waals surface area contributed by atoms with E-state index < -0.39 is 97.5 Å². The lowest BCUT2D eigenvalue weighted by Crippen LogP contribution is -2.30. The zero-order valence-electron chi connectivity index (χ0n) is 65.9. The smallest absolute Gasteiger partial charge is 0.462 e. The van der Waals surface area contributed by atoms with Crippen molar-refractivity contribution < 1.29 is 80.2 Å². The van der Waals surface area contributed by atoms with Gasteiger partial charge in [-0.05, 0) is 167 Å². The van der Waals surface area contributed by atoms with Crippen molar-refractivity contribution in [3.63, 3.8) is 0 Å². The second kappa shape index (κ2) is 78.2. The van der Waals surface area contributed by atoms with Gasteiger partial charge in [0.15, 0.2) is 12.2 Å². The maximum Gasteiger partial charge on any atom is 0.472 e. The van der Waals surface area contributed by atoms with Crippen LogP contribution in [0.3, 0.4) is 0 Å². The number of ether oxygens (including phenoxy) is 4. The fourth-order valence-electron chi connectivity index (χ4n) is 9.30. The Hall–Kier alpha value is -6.88. The highest BCUT2D eigenvalue weighted by Gasteiger charge is 2.30. The van der Waals surface area contributed by atoms with Gasteiger partial charge in [0.2, 0.25) is 0 Å². The molecule has 108 heavy (non-hydrogen) atoms. The van der Waals surface area contributed by atoms with Crippen LogP contribution in [0.1, 0.15) is 246 Å². The van der Waals surface area contributed by atoms with Gasteiger partial charge in [-0.1, -0.05) is 284 Å². The van der Waals surface area contributed by atoms with E-state index >= 15 is 0 Å². The Labute approximate surface area is 651 Å².